The Kier molecular flexibility index (Phi) is 6.10. The molecule has 0 bridgehead atoms. The van der Waals surface area contributed by atoms with E-state index >= 15 is 0 Å². The molecule has 0 aliphatic heterocycles. The van der Waals surface area contributed by atoms with E-state index in [0.717, 1.165) is 64.6 Å². The average molecular weight is 454 g/mol. The second kappa shape index (κ2) is 9.49. The summed E-state index contributed by atoms with van der Waals surface area (Å²) < 4.78 is 7.81. The van der Waals surface area contributed by atoms with Gasteiger partial charge in [0, 0.05) is 35.6 Å². The van der Waals surface area contributed by atoms with Crippen LogP contribution in [-0.4, -0.2) is 57.8 Å². The predicted molar refractivity (Wildman–Crippen MR) is 133 cm³/mol. The molecule has 0 atom stereocenters. The second-order valence-electron chi connectivity index (χ2n) is 8.63. The van der Waals surface area contributed by atoms with Crippen LogP contribution in [0.3, 0.4) is 0 Å². The molecule has 0 saturated carbocycles. The molecule has 7 nitrogen and oxygen atoms in total. The number of fused-ring (bicyclic) bond motifs is 1. The summed E-state index contributed by atoms with van der Waals surface area (Å²) in [7, 11) is 4.06. The number of pyridine rings is 1. The molecule has 2 heterocycles. The van der Waals surface area contributed by atoms with E-state index < -0.39 is 0 Å². The summed E-state index contributed by atoms with van der Waals surface area (Å²) in [5, 5.41) is 17.7. The van der Waals surface area contributed by atoms with Gasteiger partial charge in [-0.05, 0) is 87.1 Å². The van der Waals surface area contributed by atoms with E-state index in [1.165, 1.54) is 5.56 Å². The van der Waals surface area contributed by atoms with Crippen molar-refractivity contribution in [1.82, 2.24) is 19.7 Å². The van der Waals surface area contributed by atoms with Crippen molar-refractivity contribution in [3.8, 4) is 34.0 Å². The van der Waals surface area contributed by atoms with Crippen molar-refractivity contribution in [2.24, 2.45) is 5.16 Å². The van der Waals surface area contributed by atoms with Crippen LogP contribution in [0.1, 0.15) is 17.5 Å². The molecule has 0 fully saturated rings. The van der Waals surface area contributed by atoms with Crippen LogP contribution in [0.5, 0.6) is 5.75 Å². The van der Waals surface area contributed by atoms with Crippen LogP contribution in [0.2, 0.25) is 0 Å². The first-order valence-electron chi connectivity index (χ1n) is 11.4. The molecule has 0 unspecified atom stereocenters. The smallest absolute Gasteiger partial charge is 0.119 e. The molecule has 0 saturated heterocycles. The predicted octanol–water partition coefficient (Wildman–Crippen LogP) is 4.67. The van der Waals surface area contributed by atoms with Crippen molar-refractivity contribution in [2.45, 2.75) is 12.8 Å². The van der Waals surface area contributed by atoms with Gasteiger partial charge in [0.05, 0.1) is 22.8 Å². The molecule has 4 aromatic rings. The Hall–Kier alpha value is -3.97. The third kappa shape index (κ3) is 4.43. The van der Waals surface area contributed by atoms with Gasteiger partial charge in [-0.1, -0.05) is 11.2 Å². The van der Waals surface area contributed by atoms with Gasteiger partial charge in [-0.3, -0.25) is 4.98 Å². The standard InChI is InChI=1S/C27H27N5O2/c1-31(2)15-16-34-23-7-3-19(4-8-23)26-18-27(20-11-13-28-14-12-20)32(29-26)22-6-9-24-21(17-22)5-10-25(24)30-33/h3-4,6-9,11-14,17-18,33H,5,10,15-16H2,1-2H3/b30-25-. The van der Waals surface area contributed by atoms with Crippen molar-refractivity contribution in [2.75, 3.05) is 27.2 Å². The van der Waals surface area contributed by atoms with Crippen molar-refractivity contribution in [1.29, 1.82) is 0 Å². The second-order valence-corrected chi connectivity index (χ2v) is 8.63. The average Bonchev–Trinajstić information content (AvgIpc) is 3.49. The van der Waals surface area contributed by atoms with E-state index in [2.05, 4.69) is 27.2 Å². The Morgan fingerprint density at radius 1 is 0.971 bits per heavy atom. The van der Waals surface area contributed by atoms with Crippen molar-refractivity contribution < 1.29 is 9.94 Å². The first kappa shape index (κ1) is 21.9. The largest absolute Gasteiger partial charge is 0.492 e. The van der Waals surface area contributed by atoms with E-state index in [1.807, 2.05) is 67.3 Å². The quantitative estimate of drug-likeness (QED) is 0.325. The Bertz CT molecular complexity index is 1310. The lowest BCUT2D eigenvalue weighted by atomic mass is 10.1. The number of ether oxygens (including phenoxy) is 1. The summed E-state index contributed by atoms with van der Waals surface area (Å²) in [5.74, 6) is 0.847. The molecule has 0 spiro atoms. The third-order valence-electron chi connectivity index (χ3n) is 6.04. The minimum absolute atomic E-state index is 0.647. The summed E-state index contributed by atoms with van der Waals surface area (Å²) in [6, 6.07) is 20.3. The van der Waals surface area contributed by atoms with Crippen LogP contribution in [0, 0.1) is 0 Å². The topological polar surface area (TPSA) is 75.8 Å². The van der Waals surface area contributed by atoms with Crippen LogP contribution in [0.4, 0.5) is 0 Å². The van der Waals surface area contributed by atoms with Crippen LogP contribution in [-0.2, 0) is 6.42 Å². The van der Waals surface area contributed by atoms with E-state index in [1.54, 1.807) is 12.4 Å². The van der Waals surface area contributed by atoms with Crippen LogP contribution >= 0.6 is 0 Å². The van der Waals surface area contributed by atoms with Gasteiger partial charge in [-0.25, -0.2) is 4.68 Å². The SMILES string of the molecule is CN(C)CCOc1ccc(-c2cc(-c3ccncc3)n(-c3ccc4c(c3)CC/C4=N/O)n2)cc1. The first-order chi connectivity index (χ1) is 16.6. The van der Waals surface area contributed by atoms with Gasteiger partial charge in [-0.15, -0.1) is 0 Å². The third-order valence-corrected chi connectivity index (χ3v) is 6.04. The molecule has 2 aromatic heterocycles. The molecular formula is C27H27N5O2. The number of rotatable bonds is 7. The Balaban J connectivity index is 1.50. The maximum absolute atomic E-state index is 9.27. The van der Waals surface area contributed by atoms with E-state index in [0.29, 0.717) is 6.61 Å². The highest BCUT2D eigenvalue weighted by Gasteiger charge is 2.20. The maximum atomic E-state index is 9.27. The molecule has 172 valence electrons. The molecule has 34 heavy (non-hydrogen) atoms. The van der Waals surface area contributed by atoms with Crippen molar-refractivity contribution in [3.05, 3.63) is 84.2 Å². The zero-order valence-corrected chi connectivity index (χ0v) is 19.3. The maximum Gasteiger partial charge on any atom is 0.119 e. The van der Waals surface area contributed by atoms with Gasteiger partial charge in [0.2, 0.25) is 0 Å². The van der Waals surface area contributed by atoms with Gasteiger partial charge in [0.15, 0.2) is 0 Å². The number of likely N-dealkylation sites (N-methyl/N-ethyl adjacent to an activating group) is 1. The highest BCUT2D eigenvalue weighted by atomic mass is 16.5. The van der Waals surface area contributed by atoms with E-state index in [4.69, 9.17) is 9.84 Å². The molecule has 2 aromatic carbocycles. The number of aryl methyl sites for hydroxylation is 1. The molecule has 1 aliphatic carbocycles. The number of nitrogens with zero attached hydrogens (tertiary/aromatic N) is 5. The first-order valence-corrected chi connectivity index (χ1v) is 11.4. The lowest BCUT2D eigenvalue weighted by Crippen LogP contribution is -2.19. The Labute approximate surface area is 198 Å². The lowest BCUT2D eigenvalue weighted by Gasteiger charge is -2.11. The fourth-order valence-electron chi connectivity index (χ4n) is 4.21. The summed E-state index contributed by atoms with van der Waals surface area (Å²) in [5.41, 5.74) is 7.81. The zero-order chi connectivity index (χ0) is 23.5. The lowest BCUT2D eigenvalue weighted by molar-refractivity contribution is 0.261. The number of benzene rings is 2. The minimum atomic E-state index is 0.647. The number of hydrogen-bond donors (Lipinski definition) is 1. The minimum Gasteiger partial charge on any atom is -0.492 e. The van der Waals surface area contributed by atoms with Crippen LogP contribution < -0.4 is 4.74 Å². The zero-order valence-electron chi connectivity index (χ0n) is 19.3. The Morgan fingerprint density at radius 2 is 1.76 bits per heavy atom. The fraction of sp³-hybridized carbons (Fsp3) is 0.222. The highest BCUT2D eigenvalue weighted by molar-refractivity contribution is 6.04. The highest BCUT2D eigenvalue weighted by Crippen LogP contribution is 2.31. The molecule has 0 radical (unpaired) electrons. The van der Waals surface area contributed by atoms with E-state index in [9.17, 15) is 5.21 Å². The normalized spacial score (nSPS) is 14.0. The number of aromatic nitrogens is 3. The van der Waals surface area contributed by atoms with Gasteiger partial charge in [0.1, 0.15) is 12.4 Å². The number of hydrogen-bond acceptors (Lipinski definition) is 6. The monoisotopic (exact) mass is 453 g/mol. The van der Waals surface area contributed by atoms with Gasteiger partial charge in [0.25, 0.3) is 0 Å². The van der Waals surface area contributed by atoms with Crippen LogP contribution in [0.15, 0.2) is 78.2 Å². The molecule has 0 amide bonds. The molecule has 5 rings (SSSR count). The molecule has 1 aliphatic rings. The number of oxime groups is 1. The summed E-state index contributed by atoms with van der Waals surface area (Å²) in [6.45, 7) is 1.52. The van der Waals surface area contributed by atoms with Crippen molar-refractivity contribution in [3.63, 3.8) is 0 Å². The molecule has 7 heteroatoms. The van der Waals surface area contributed by atoms with Gasteiger partial charge in [-0.2, -0.15) is 5.10 Å². The summed E-state index contributed by atoms with van der Waals surface area (Å²) >= 11 is 0. The summed E-state index contributed by atoms with van der Waals surface area (Å²) in [4.78, 5) is 6.26. The van der Waals surface area contributed by atoms with E-state index in [-0.39, 0.29) is 0 Å². The van der Waals surface area contributed by atoms with Crippen molar-refractivity contribution >= 4 is 5.71 Å². The fourth-order valence-corrected chi connectivity index (χ4v) is 4.21. The molecular weight excluding hydrogens is 426 g/mol. The van der Waals surface area contributed by atoms with Crippen LogP contribution in [0.25, 0.3) is 28.2 Å². The molecule has 1 N–H and O–H groups in total. The Morgan fingerprint density at radius 3 is 2.50 bits per heavy atom. The van der Waals surface area contributed by atoms with Gasteiger partial charge < -0.3 is 14.8 Å². The van der Waals surface area contributed by atoms with Gasteiger partial charge >= 0.3 is 0 Å². The summed E-state index contributed by atoms with van der Waals surface area (Å²) in [6.07, 6.45) is 5.19.